The first-order chi connectivity index (χ1) is 13.4. The molecule has 3 aromatic rings. The standard InChI is InChI=1S/C20H19F2N3O2S/c1-4-8-25-19(15-7-9-27-13(15)3)23-24-20(25)28-11-12(2)18(26)14-5-6-16(21)17(22)10-14/h4-7,9-10,12H,1,8,11H2,2-3H3/t12-/m0/s1. The minimum atomic E-state index is -1.03. The molecule has 0 N–H and O–H groups in total. The van der Waals surface area contributed by atoms with Crippen LogP contribution in [-0.4, -0.2) is 26.3 Å². The van der Waals surface area contributed by atoms with Gasteiger partial charge in [-0.15, -0.1) is 16.8 Å². The van der Waals surface area contributed by atoms with Crippen LogP contribution in [0.15, 0.2) is 52.8 Å². The van der Waals surface area contributed by atoms with Crippen molar-refractivity contribution in [2.45, 2.75) is 25.5 Å². The summed E-state index contributed by atoms with van der Waals surface area (Å²) in [6.45, 7) is 7.86. The van der Waals surface area contributed by atoms with E-state index in [-0.39, 0.29) is 11.3 Å². The number of allylic oxidation sites excluding steroid dienone is 1. The van der Waals surface area contributed by atoms with Gasteiger partial charge in [-0.25, -0.2) is 8.78 Å². The van der Waals surface area contributed by atoms with E-state index < -0.39 is 17.6 Å². The van der Waals surface area contributed by atoms with Crippen molar-refractivity contribution in [3.8, 4) is 11.4 Å². The highest BCUT2D eigenvalue weighted by Crippen LogP contribution is 2.28. The summed E-state index contributed by atoms with van der Waals surface area (Å²) in [5, 5.41) is 9.11. The zero-order valence-electron chi connectivity index (χ0n) is 15.5. The molecule has 0 spiro atoms. The van der Waals surface area contributed by atoms with Gasteiger partial charge < -0.3 is 4.42 Å². The van der Waals surface area contributed by atoms with Gasteiger partial charge in [0, 0.05) is 23.8 Å². The van der Waals surface area contributed by atoms with Crippen molar-refractivity contribution in [3.63, 3.8) is 0 Å². The van der Waals surface area contributed by atoms with Crippen LogP contribution in [-0.2, 0) is 6.54 Å². The maximum atomic E-state index is 13.4. The number of carbonyl (C=O) groups is 1. The highest BCUT2D eigenvalue weighted by atomic mass is 32.2. The summed E-state index contributed by atoms with van der Waals surface area (Å²) < 4.78 is 33.7. The van der Waals surface area contributed by atoms with E-state index >= 15 is 0 Å². The van der Waals surface area contributed by atoms with Gasteiger partial charge in [-0.2, -0.15) is 0 Å². The minimum absolute atomic E-state index is 0.147. The molecule has 0 radical (unpaired) electrons. The molecular formula is C20H19F2N3O2S. The van der Waals surface area contributed by atoms with E-state index in [0.29, 0.717) is 23.3 Å². The molecule has 3 rings (SSSR count). The Balaban J connectivity index is 1.75. The molecule has 0 aliphatic rings. The molecular weight excluding hydrogens is 384 g/mol. The molecule has 8 heteroatoms. The number of aromatic nitrogens is 3. The lowest BCUT2D eigenvalue weighted by Crippen LogP contribution is -2.14. The van der Waals surface area contributed by atoms with Crippen molar-refractivity contribution in [1.82, 2.24) is 14.8 Å². The predicted octanol–water partition coefficient (Wildman–Crippen LogP) is 4.92. The van der Waals surface area contributed by atoms with Gasteiger partial charge in [-0.05, 0) is 31.2 Å². The van der Waals surface area contributed by atoms with E-state index in [1.807, 2.05) is 17.6 Å². The Morgan fingerprint density at radius 3 is 2.75 bits per heavy atom. The fourth-order valence-electron chi connectivity index (χ4n) is 2.71. The third-order valence-electron chi connectivity index (χ3n) is 4.24. The van der Waals surface area contributed by atoms with Gasteiger partial charge >= 0.3 is 0 Å². The topological polar surface area (TPSA) is 60.9 Å². The molecule has 28 heavy (non-hydrogen) atoms. The molecule has 0 unspecified atom stereocenters. The zero-order chi connectivity index (χ0) is 20.3. The number of hydrogen-bond donors (Lipinski definition) is 0. The minimum Gasteiger partial charge on any atom is -0.469 e. The van der Waals surface area contributed by atoms with Crippen molar-refractivity contribution in [3.05, 3.63) is 66.1 Å². The summed E-state index contributed by atoms with van der Waals surface area (Å²) >= 11 is 1.37. The number of aryl methyl sites for hydroxylation is 1. The van der Waals surface area contributed by atoms with E-state index in [1.165, 1.54) is 17.8 Å². The van der Waals surface area contributed by atoms with Crippen molar-refractivity contribution in [2.24, 2.45) is 5.92 Å². The third-order valence-corrected chi connectivity index (χ3v) is 5.47. The fourth-order valence-corrected chi connectivity index (χ4v) is 3.68. The van der Waals surface area contributed by atoms with Gasteiger partial charge in [-0.1, -0.05) is 24.8 Å². The van der Waals surface area contributed by atoms with Gasteiger partial charge in [0.2, 0.25) is 0 Å². The Bertz CT molecular complexity index is 1010. The molecule has 146 valence electrons. The van der Waals surface area contributed by atoms with Crippen molar-refractivity contribution < 1.29 is 18.0 Å². The molecule has 0 saturated heterocycles. The van der Waals surface area contributed by atoms with E-state index in [0.717, 1.165) is 23.5 Å². The largest absolute Gasteiger partial charge is 0.469 e. The van der Waals surface area contributed by atoms with Crippen molar-refractivity contribution in [2.75, 3.05) is 5.75 Å². The summed E-state index contributed by atoms with van der Waals surface area (Å²) in [5.74, 6) is -0.869. The maximum absolute atomic E-state index is 13.4. The highest BCUT2D eigenvalue weighted by Gasteiger charge is 2.21. The van der Waals surface area contributed by atoms with Gasteiger partial charge in [0.25, 0.3) is 0 Å². The predicted molar refractivity (Wildman–Crippen MR) is 103 cm³/mol. The number of benzene rings is 1. The second-order valence-corrected chi connectivity index (χ2v) is 7.29. The normalized spacial score (nSPS) is 12.1. The molecule has 5 nitrogen and oxygen atoms in total. The van der Waals surface area contributed by atoms with E-state index in [1.54, 1.807) is 19.3 Å². The Morgan fingerprint density at radius 1 is 1.32 bits per heavy atom. The Hall–Kier alpha value is -2.74. The number of rotatable bonds is 8. The molecule has 0 aliphatic heterocycles. The fraction of sp³-hybridized carbons (Fsp3) is 0.250. The number of nitrogens with zero attached hydrogens (tertiary/aromatic N) is 3. The van der Waals surface area contributed by atoms with Crippen LogP contribution in [0.1, 0.15) is 23.0 Å². The molecule has 1 atom stereocenters. The lowest BCUT2D eigenvalue weighted by atomic mass is 10.0. The summed E-state index contributed by atoms with van der Waals surface area (Å²) in [6.07, 6.45) is 3.33. The smallest absolute Gasteiger partial charge is 0.191 e. The van der Waals surface area contributed by atoms with Crippen LogP contribution in [0.2, 0.25) is 0 Å². The van der Waals surface area contributed by atoms with Crippen molar-refractivity contribution >= 4 is 17.5 Å². The number of halogens is 2. The van der Waals surface area contributed by atoms with E-state index in [2.05, 4.69) is 16.8 Å². The number of thioether (sulfide) groups is 1. The van der Waals surface area contributed by atoms with Crippen LogP contribution < -0.4 is 0 Å². The van der Waals surface area contributed by atoms with Gasteiger partial charge in [0.1, 0.15) is 5.76 Å². The number of ketones is 1. The molecule has 2 aromatic heterocycles. The molecule has 1 aromatic carbocycles. The molecule has 0 amide bonds. The molecule has 0 bridgehead atoms. The highest BCUT2D eigenvalue weighted by molar-refractivity contribution is 7.99. The Morgan fingerprint density at radius 2 is 2.11 bits per heavy atom. The number of carbonyl (C=O) groups excluding carboxylic acids is 1. The average molecular weight is 403 g/mol. The number of hydrogen-bond acceptors (Lipinski definition) is 5. The second-order valence-electron chi connectivity index (χ2n) is 6.30. The van der Waals surface area contributed by atoms with E-state index in [9.17, 15) is 13.6 Å². The van der Waals surface area contributed by atoms with Crippen molar-refractivity contribution in [1.29, 1.82) is 0 Å². The monoisotopic (exact) mass is 403 g/mol. The Kier molecular flexibility index (Phi) is 6.08. The second kappa shape index (κ2) is 8.52. The summed E-state index contributed by atoms with van der Waals surface area (Å²) in [4.78, 5) is 12.5. The van der Waals surface area contributed by atoms with Crippen LogP contribution in [0.4, 0.5) is 8.78 Å². The molecule has 0 saturated carbocycles. The van der Waals surface area contributed by atoms with Crippen LogP contribution in [0.3, 0.4) is 0 Å². The van der Waals surface area contributed by atoms with Crippen LogP contribution in [0, 0.1) is 24.5 Å². The molecule has 0 fully saturated rings. The van der Waals surface area contributed by atoms with Gasteiger partial charge in [0.15, 0.2) is 28.4 Å². The van der Waals surface area contributed by atoms with Gasteiger partial charge in [-0.3, -0.25) is 9.36 Å². The number of furan rings is 1. The average Bonchev–Trinajstić information content (AvgIpc) is 3.27. The SMILES string of the molecule is C=CCn1c(SC[C@H](C)C(=O)c2ccc(F)c(F)c2)nnc1-c1ccoc1C. The molecule has 0 aliphatic carbocycles. The quantitative estimate of drug-likeness (QED) is 0.303. The first-order valence-corrected chi connectivity index (χ1v) is 9.61. The third kappa shape index (κ3) is 4.06. The lowest BCUT2D eigenvalue weighted by Gasteiger charge is -2.11. The van der Waals surface area contributed by atoms with Crippen LogP contribution in [0.25, 0.3) is 11.4 Å². The first-order valence-electron chi connectivity index (χ1n) is 8.63. The zero-order valence-corrected chi connectivity index (χ0v) is 16.3. The number of Topliss-reactive ketones (excluding diaryl/α,β-unsaturated/α-hetero) is 1. The summed E-state index contributed by atoms with van der Waals surface area (Å²) in [7, 11) is 0. The molecule has 2 heterocycles. The summed E-state index contributed by atoms with van der Waals surface area (Å²) in [5.41, 5.74) is 0.987. The lowest BCUT2D eigenvalue weighted by molar-refractivity contribution is 0.0941. The first kappa shape index (κ1) is 20.0. The maximum Gasteiger partial charge on any atom is 0.191 e. The van der Waals surface area contributed by atoms with E-state index in [4.69, 9.17) is 4.42 Å². The van der Waals surface area contributed by atoms with Gasteiger partial charge in [0.05, 0.1) is 11.8 Å². The summed E-state index contributed by atoms with van der Waals surface area (Å²) in [6, 6.07) is 5.01. The van der Waals surface area contributed by atoms with Crippen LogP contribution in [0.5, 0.6) is 0 Å². The van der Waals surface area contributed by atoms with Crippen LogP contribution >= 0.6 is 11.8 Å². The Labute approximate surface area is 165 Å².